The zero-order valence-electron chi connectivity index (χ0n) is 22.6. The molecular formula is C30H25ClN8S. The molecule has 5 aromatic rings. The van der Waals surface area contributed by atoms with Crippen molar-refractivity contribution in [2.45, 2.75) is 44.3 Å². The number of pyridine rings is 1. The Bertz CT molecular complexity index is 1820. The quantitative estimate of drug-likeness (QED) is 0.191. The first-order chi connectivity index (χ1) is 19.9. The Hall–Kier alpha value is -4.44. The highest BCUT2D eigenvalue weighted by molar-refractivity contribution is 7.10. The van der Waals surface area contributed by atoms with E-state index in [4.69, 9.17) is 11.6 Å². The number of fused-ring (bicyclic) bond motifs is 1. The van der Waals surface area contributed by atoms with Crippen LogP contribution in [0.15, 0.2) is 66.3 Å². The summed E-state index contributed by atoms with van der Waals surface area (Å²) < 4.78 is 11.4. The van der Waals surface area contributed by atoms with Gasteiger partial charge in [0.15, 0.2) is 0 Å². The zero-order chi connectivity index (χ0) is 28.6. The Morgan fingerprint density at radius 3 is 2.70 bits per heavy atom. The lowest BCUT2D eigenvalue weighted by molar-refractivity contribution is 0.610. The smallest absolute Gasteiger partial charge is 0.110 e. The van der Waals surface area contributed by atoms with Crippen molar-refractivity contribution in [3.05, 3.63) is 98.6 Å². The maximum atomic E-state index is 9.98. The highest BCUT2D eigenvalue weighted by Crippen LogP contribution is 2.39. The summed E-state index contributed by atoms with van der Waals surface area (Å²) in [4.78, 5) is 5.08. The summed E-state index contributed by atoms with van der Waals surface area (Å²) in [5, 5.41) is 37.7. The van der Waals surface area contributed by atoms with Crippen LogP contribution in [-0.4, -0.2) is 20.0 Å². The molecule has 6 rings (SSSR count). The summed E-state index contributed by atoms with van der Waals surface area (Å²) >= 11 is 8.08. The van der Waals surface area contributed by atoms with E-state index in [-0.39, 0.29) is 6.04 Å². The number of anilines is 2. The molecule has 1 aliphatic rings. The maximum absolute atomic E-state index is 9.98. The van der Waals surface area contributed by atoms with E-state index >= 15 is 0 Å². The van der Waals surface area contributed by atoms with Crippen LogP contribution in [0.4, 0.5) is 11.4 Å². The molecule has 198 valence electrons. The molecule has 0 bridgehead atoms. The molecule has 0 amide bonds. The van der Waals surface area contributed by atoms with E-state index in [2.05, 4.69) is 57.1 Å². The third kappa shape index (κ3) is 5.10. The van der Waals surface area contributed by atoms with E-state index < -0.39 is 6.02 Å². The van der Waals surface area contributed by atoms with E-state index in [0.29, 0.717) is 55.0 Å². The molecule has 3 aromatic heterocycles. The lowest BCUT2D eigenvalue weighted by atomic mass is 10.0. The molecule has 1 saturated carbocycles. The fourth-order valence-corrected chi connectivity index (χ4v) is 5.79. The number of aromatic nitrogens is 4. The molecule has 2 N–H and O–H groups in total. The number of nitriles is 2. The molecule has 1 fully saturated rings. The highest BCUT2D eigenvalue weighted by atomic mass is 35.5. The molecule has 3 heterocycles. The van der Waals surface area contributed by atoms with Crippen molar-refractivity contribution >= 4 is 45.2 Å². The number of halogens is 1. The van der Waals surface area contributed by atoms with Crippen molar-refractivity contribution in [1.29, 1.82) is 10.5 Å². The molecular weight excluding hydrogens is 540 g/mol. The molecule has 0 saturated heterocycles. The first kappa shape index (κ1) is 24.6. The van der Waals surface area contributed by atoms with Gasteiger partial charge in [0.1, 0.15) is 23.9 Å². The molecule has 0 spiro atoms. The minimum atomic E-state index is -1.55. The normalized spacial score (nSPS) is 15.4. The van der Waals surface area contributed by atoms with Gasteiger partial charge in [0.05, 0.1) is 47.0 Å². The summed E-state index contributed by atoms with van der Waals surface area (Å²) in [7, 11) is 0. The van der Waals surface area contributed by atoms with Gasteiger partial charge in [-0.2, -0.15) is 10.5 Å². The van der Waals surface area contributed by atoms with Gasteiger partial charge in [-0.25, -0.2) is 4.68 Å². The van der Waals surface area contributed by atoms with Crippen LogP contribution in [0.25, 0.3) is 10.9 Å². The predicted octanol–water partition coefficient (Wildman–Crippen LogP) is 7.38. The van der Waals surface area contributed by atoms with Gasteiger partial charge in [-0.1, -0.05) is 54.1 Å². The van der Waals surface area contributed by atoms with Crippen molar-refractivity contribution in [1.82, 2.24) is 20.0 Å². The summed E-state index contributed by atoms with van der Waals surface area (Å²) in [6.45, 7) is 2.08. The second-order valence-corrected chi connectivity index (χ2v) is 11.0. The molecule has 0 aliphatic heterocycles. The van der Waals surface area contributed by atoms with E-state index in [9.17, 15) is 11.9 Å². The molecule has 8 nitrogen and oxygen atoms in total. The van der Waals surface area contributed by atoms with E-state index in [1.54, 1.807) is 28.4 Å². The molecule has 10 heteroatoms. The third-order valence-electron chi connectivity index (χ3n) is 6.91. The van der Waals surface area contributed by atoms with Crippen LogP contribution < -0.4 is 10.6 Å². The number of hydrogen-bond acceptors (Lipinski definition) is 8. The Morgan fingerprint density at radius 1 is 1.18 bits per heavy atom. The van der Waals surface area contributed by atoms with Gasteiger partial charge in [0, 0.05) is 27.5 Å². The number of hydrogen-bond donors (Lipinski definition) is 2. The van der Waals surface area contributed by atoms with Crippen molar-refractivity contribution < 1.29 is 1.37 Å². The SMILES string of the molecule is [2H]C(Nc1cc(Cl)c2ncc(C#N)c(NC(CC)c3ccccc3)c2c1)(c1cn(C2CC2)nn1)c1cc(C#N)cs1. The first-order valence-corrected chi connectivity index (χ1v) is 14.2. The summed E-state index contributed by atoms with van der Waals surface area (Å²) in [5.41, 5.74) is 4.06. The van der Waals surface area contributed by atoms with Crippen LogP contribution >= 0.6 is 22.9 Å². The van der Waals surface area contributed by atoms with Gasteiger partial charge in [-0.15, -0.1) is 16.4 Å². The number of rotatable bonds is 9. The number of thiophene rings is 1. The van der Waals surface area contributed by atoms with Gasteiger partial charge in [0.25, 0.3) is 0 Å². The molecule has 2 atom stereocenters. The Labute approximate surface area is 242 Å². The van der Waals surface area contributed by atoms with Crippen LogP contribution in [0.2, 0.25) is 5.02 Å². The zero-order valence-corrected chi connectivity index (χ0v) is 23.2. The van der Waals surface area contributed by atoms with Crippen molar-refractivity contribution in [2.75, 3.05) is 10.6 Å². The van der Waals surface area contributed by atoms with Gasteiger partial charge in [-0.05, 0) is 43.0 Å². The molecule has 0 radical (unpaired) electrons. The van der Waals surface area contributed by atoms with Gasteiger partial charge in [-0.3, -0.25) is 4.98 Å². The van der Waals surface area contributed by atoms with E-state index in [1.165, 1.54) is 17.5 Å². The van der Waals surface area contributed by atoms with Crippen LogP contribution in [0, 0.1) is 22.7 Å². The molecule has 40 heavy (non-hydrogen) atoms. The van der Waals surface area contributed by atoms with Crippen molar-refractivity contribution in [3.63, 3.8) is 0 Å². The van der Waals surface area contributed by atoms with E-state index in [0.717, 1.165) is 24.8 Å². The Kier molecular flexibility index (Phi) is 6.75. The minimum absolute atomic E-state index is 0.0486. The Morgan fingerprint density at radius 2 is 2.00 bits per heavy atom. The van der Waals surface area contributed by atoms with Crippen LogP contribution in [0.3, 0.4) is 0 Å². The third-order valence-corrected chi connectivity index (χ3v) is 8.14. The minimum Gasteiger partial charge on any atom is -0.377 e. The van der Waals surface area contributed by atoms with Gasteiger partial charge < -0.3 is 10.6 Å². The van der Waals surface area contributed by atoms with Crippen molar-refractivity contribution in [3.8, 4) is 12.1 Å². The predicted molar refractivity (Wildman–Crippen MR) is 157 cm³/mol. The van der Waals surface area contributed by atoms with Crippen molar-refractivity contribution in [2.24, 2.45) is 0 Å². The topological polar surface area (TPSA) is 115 Å². The van der Waals surface area contributed by atoms with Crippen LogP contribution in [-0.2, 0) is 0 Å². The molecule has 2 aromatic carbocycles. The summed E-state index contributed by atoms with van der Waals surface area (Å²) in [5.74, 6) is 0. The second kappa shape index (κ2) is 11.0. The second-order valence-electron chi connectivity index (χ2n) is 9.66. The summed E-state index contributed by atoms with van der Waals surface area (Å²) in [6.07, 6.45) is 6.17. The standard InChI is InChI=1S/C30H25ClN8S/c1-2-25(19-6-4-3-5-7-19)36-28-20(14-33)15-34-29-23(28)11-21(12-24(29)31)35-30(27-10-18(13-32)17-40-27)26-16-39(38-37-26)22-8-9-22/h3-7,10-12,15-17,22,25,30,35H,2,8-9H2,1H3,(H,34,36)/i30D. The van der Waals surface area contributed by atoms with Crippen LogP contribution in [0.1, 0.15) is 72.9 Å². The monoisotopic (exact) mass is 565 g/mol. The number of nitrogens with zero attached hydrogens (tertiary/aromatic N) is 6. The van der Waals surface area contributed by atoms with Gasteiger partial charge >= 0.3 is 0 Å². The highest BCUT2D eigenvalue weighted by Gasteiger charge is 2.28. The molecule has 1 aliphatic carbocycles. The average molecular weight is 566 g/mol. The lowest BCUT2D eigenvalue weighted by Crippen LogP contribution is -2.13. The number of nitrogens with one attached hydrogen (secondary N) is 2. The fourth-order valence-electron chi connectivity index (χ4n) is 4.68. The first-order valence-electron chi connectivity index (χ1n) is 13.5. The largest absolute Gasteiger partial charge is 0.377 e. The van der Waals surface area contributed by atoms with Gasteiger partial charge in [0.2, 0.25) is 0 Å². The molecule has 2 unspecified atom stereocenters. The summed E-state index contributed by atoms with van der Waals surface area (Å²) in [6, 6.07) is 18.4. The fraction of sp³-hybridized carbons (Fsp3) is 0.233. The lowest BCUT2D eigenvalue weighted by Gasteiger charge is -2.22. The maximum Gasteiger partial charge on any atom is 0.110 e. The van der Waals surface area contributed by atoms with E-state index in [1.807, 2.05) is 24.3 Å². The average Bonchev–Trinajstić information content (AvgIpc) is 3.50. The Balaban J connectivity index is 1.46. The number of benzene rings is 2. The van der Waals surface area contributed by atoms with Crippen LogP contribution in [0.5, 0.6) is 0 Å².